The molecule has 0 aliphatic rings. The second-order valence-electron chi connectivity index (χ2n) is 2.77. The van der Waals surface area contributed by atoms with E-state index in [1.165, 1.54) is 11.5 Å². The molecule has 0 bridgehead atoms. The summed E-state index contributed by atoms with van der Waals surface area (Å²) in [5.41, 5.74) is 0.704. The van der Waals surface area contributed by atoms with Crippen LogP contribution in [0.15, 0.2) is 29.0 Å². The molecule has 0 aliphatic carbocycles. The molecule has 2 heterocycles. The Morgan fingerprint density at radius 1 is 1.62 bits per heavy atom. The molecule has 0 aliphatic heterocycles. The Morgan fingerprint density at radius 3 is 3.08 bits per heavy atom. The summed E-state index contributed by atoms with van der Waals surface area (Å²) in [4.78, 5) is 15.3. The van der Waals surface area contributed by atoms with E-state index in [0.717, 1.165) is 9.86 Å². The van der Waals surface area contributed by atoms with Gasteiger partial charge in [0, 0.05) is 29.2 Å². The maximum absolute atomic E-state index is 11.1. The number of fused-ring (bicyclic) bond motifs is 1. The van der Waals surface area contributed by atoms with Crippen molar-refractivity contribution in [3.8, 4) is 0 Å². The van der Waals surface area contributed by atoms with Crippen molar-refractivity contribution in [2.45, 2.75) is 6.92 Å². The molecule has 0 saturated heterocycles. The maximum atomic E-state index is 11.1. The minimum Gasteiger partial charge on any atom is -0.274 e. The van der Waals surface area contributed by atoms with Gasteiger partial charge in [-0.25, -0.2) is 4.98 Å². The van der Waals surface area contributed by atoms with E-state index in [4.69, 9.17) is 0 Å². The van der Waals surface area contributed by atoms with E-state index in [2.05, 4.69) is 20.9 Å². The van der Waals surface area contributed by atoms with Gasteiger partial charge in [-0.3, -0.25) is 9.36 Å². The van der Waals surface area contributed by atoms with Crippen LogP contribution in [-0.2, 0) is 0 Å². The van der Waals surface area contributed by atoms with Gasteiger partial charge in [0.1, 0.15) is 5.65 Å². The molecule has 2 aromatic heterocycles. The lowest BCUT2D eigenvalue weighted by molar-refractivity contribution is 0.0941. The quantitative estimate of drug-likeness (QED) is 0.707. The van der Waals surface area contributed by atoms with Crippen molar-refractivity contribution in [2.75, 3.05) is 0 Å². The van der Waals surface area contributed by atoms with Gasteiger partial charge in [0.05, 0.1) is 0 Å². The van der Waals surface area contributed by atoms with Gasteiger partial charge >= 0.3 is 0 Å². The third-order valence-electron chi connectivity index (χ3n) is 1.83. The summed E-state index contributed by atoms with van der Waals surface area (Å²) in [7, 11) is 0. The maximum Gasteiger partial charge on any atom is 0.229 e. The van der Waals surface area contributed by atoms with Crippen LogP contribution in [0.2, 0.25) is 0 Å². The van der Waals surface area contributed by atoms with Gasteiger partial charge in [0.15, 0.2) is 0 Å². The number of pyridine rings is 1. The van der Waals surface area contributed by atoms with Crippen molar-refractivity contribution >= 4 is 32.9 Å². The zero-order valence-corrected chi connectivity index (χ0v) is 8.58. The largest absolute Gasteiger partial charge is 0.274 e. The van der Waals surface area contributed by atoms with Crippen LogP contribution in [0.5, 0.6) is 0 Å². The van der Waals surface area contributed by atoms with Crippen LogP contribution in [-0.4, -0.2) is 15.5 Å². The van der Waals surface area contributed by atoms with E-state index in [-0.39, 0.29) is 5.91 Å². The monoisotopic (exact) mass is 238 g/mol. The normalized spacial score (nSPS) is 10.6. The molecule has 13 heavy (non-hydrogen) atoms. The number of rotatable bonds is 0. The third-order valence-corrected chi connectivity index (χ3v) is 2.27. The van der Waals surface area contributed by atoms with E-state index in [9.17, 15) is 4.79 Å². The molecule has 2 rings (SSSR count). The highest BCUT2D eigenvalue weighted by atomic mass is 79.9. The Balaban J connectivity index is 2.76. The first kappa shape index (κ1) is 8.44. The molecular weight excluding hydrogens is 232 g/mol. The Bertz CT molecular complexity index is 475. The summed E-state index contributed by atoms with van der Waals surface area (Å²) >= 11 is 3.32. The molecule has 0 atom stereocenters. The van der Waals surface area contributed by atoms with Crippen molar-refractivity contribution in [2.24, 2.45) is 0 Å². The minimum atomic E-state index is -0.0233. The van der Waals surface area contributed by atoms with E-state index >= 15 is 0 Å². The Hall–Kier alpha value is -1.16. The number of hydrogen-bond donors (Lipinski definition) is 0. The summed E-state index contributed by atoms with van der Waals surface area (Å²) in [6.07, 6.45) is 3.41. The highest BCUT2D eigenvalue weighted by Crippen LogP contribution is 2.17. The standard InChI is InChI=1S/C9H7BrN2O/c1-6(13)12-3-2-7-4-8(10)5-11-9(7)12/h2-5H,1H3. The summed E-state index contributed by atoms with van der Waals surface area (Å²) in [5.74, 6) is -0.0233. The highest BCUT2D eigenvalue weighted by molar-refractivity contribution is 9.10. The minimum absolute atomic E-state index is 0.0233. The Morgan fingerprint density at radius 2 is 2.38 bits per heavy atom. The number of halogens is 1. The molecule has 4 heteroatoms. The predicted molar refractivity (Wildman–Crippen MR) is 53.7 cm³/mol. The smallest absolute Gasteiger partial charge is 0.229 e. The van der Waals surface area contributed by atoms with Crippen LogP contribution in [0.3, 0.4) is 0 Å². The number of nitrogens with zero attached hydrogens (tertiary/aromatic N) is 2. The molecule has 2 aromatic rings. The van der Waals surface area contributed by atoms with Crippen LogP contribution in [0, 0.1) is 0 Å². The highest BCUT2D eigenvalue weighted by Gasteiger charge is 2.04. The third kappa shape index (κ3) is 1.37. The second kappa shape index (κ2) is 2.96. The lowest BCUT2D eigenvalue weighted by Gasteiger charge is -1.97. The Labute approximate surface area is 83.5 Å². The first-order valence-corrected chi connectivity index (χ1v) is 4.61. The zero-order chi connectivity index (χ0) is 9.42. The fourth-order valence-electron chi connectivity index (χ4n) is 1.25. The lowest BCUT2D eigenvalue weighted by atomic mass is 10.3. The van der Waals surface area contributed by atoms with E-state index in [0.29, 0.717) is 5.65 Å². The van der Waals surface area contributed by atoms with Crippen LogP contribution in [0.4, 0.5) is 0 Å². The molecule has 0 N–H and O–H groups in total. The van der Waals surface area contributed by atoms with Crippen LogP contribution in [0.25, 0.3) is 11.0 Å². The molecule has 0 fully saturated rings. The molecular formula is C9H7BrN2O. The predicted octanol–water partition coefficient (Wildman–Crippen LogP) is 2.46. The number of carbonyl (C=O) groups is 1. The van der Waals surface area contributed by atoms with Gasteiger partial charge in [-0.15, -0.1) is 0 Å². The van der Waals surface area contributed by atoms with Crippen molar-refractivity contribution in [3.63, 3.8) is 0 Å². The zero-order valence-electron chi connectivity index (χ0n) is 6.99. The SMILES string of the molecule is CC(=O)n1ccc2cc(Br)cnc21. The van der Waals surface area contributed by atoms with Crippen LogP contribution >= 0.6 is 15.9 Å². The van der Waals surface area contributed by atoms with Crippen LogP contribution in [0.1, 0.15) is 11.7 Å². The fraction of sp³-hybridized carbons (Fsp3) is 0.111. The van der Waals surface area contributed by atoms with Crippen molar-refractivity contribution < 1.29 is 4.79 Å². The topological polar surface area (TPSA) is 34.9 Å². The van der Waals surface area contributed by atoms with E-state index in [1.807, 2.05) is 12.1 Å². The summed E-state index contributed by atoms with van der Waals surface area (Å²) in [5, 5.41) is 0.963. The molecule has 0 saturated carbocycles. The first-order valence-electron chi connectivity index (χ1n) is 3.82. The lowest BCUT2D eigenvalue weighted by Crippen LogP contribution is -2.03. The number of hydrogen-bond acceptors (Lipinski definition) is 2. The molecule has 0 amide bonds. The van der Waals surface area contributed by atoms with Gasteiger partial charge in [0.25, 0.3) is 0 Å². The van der Waals surface area contributed by atoms with Crippen molar-refractivity contribution in [1.29, 1.82) is 0 Å². The van der Waals surface area contributed by atoms with Gasteiger partial charge in [-0.2, -0.15) is 0 Å². The fourth-order valence-corrected chi connectivity index (χ4v) is 1.60. The summed E-state index contributed by atoms with van der Waals surface area (Å²) in [6.45, 7) is 1.52. The second-order valence-corrected chi connectivity index (χ2v) is 3.69. The van der Waals surface area contributed by atoms with Crippen molar-refractivity contribution in [1.82, 2.24) is 9.55 Å². The number of carbonyl (C=O) groups excluding carboxylic acids is 1. The van der Waals surface area contributed by atoms with Crippen molar-refractivity contribution in [3.05, 3.63) is 29.0 Å². The van der Waals surface area contributed by atoms with Crippen LogP contribution < -0.4 is 0 Å². The summed E-state index contributed by atoms with van der Waals surface area (Å²) in [6, 6.07) is 3.80. The number of aromatic nitrogens is 2. The molecule has 0 unspecified atom stereocenters. The Kier molecular flexibility index (Phi) is 1.92. The average Bonchev–Trinajstić information content (AvgIpc) is 2.46. The summed E-state index contributed by atoms with van der Waals surface area (Å²) < 4.78 is 2.45. The molecule has 3 nitrogen and oxygen atoms in total. The molecule has 66 valence electrons. The van der Waals surface area contributed by atoms with Gasteiger partial charge in [-0.1, -0.05) is 0 Å². The van der Waals surface area contributed by atoms with E-state index in [1.54, 1.807) is 12.4 Å². The van der Waals surface area contributed by atoms with Gasteiger partial charge in [0.2, 0.25) is 5.91 Å². The average molecular weight is 239 g/mol. The van der Waals surface area contributed by atoms with Gasteiger partial charge in [-0.05, 0) is 28.1 Å². The first-order chi connectivity index (χ1) is 6.18. The van der Waals surface area contributed by atoms with Gasteiger partial charge < -0.3 is 0 Å². The molecule has 0 radical (unpaired) electrons. The molecule has 0 aromatic carbocycles. The van der Waals surface area contributed by atoms with E-state index < -0.39 is 0 Å². The molecule has 0 spiro atoms.